The van der Waals surface area contributed by atoms with E-state index in [2.05, 4.69) is 11.7 Å². The van der Waals surface area contributed by atoms with Crippen molar-refractivity contribution in [1.82, 2.24) is 0 Å². The molecule has 2 nitrogen and oxygen atoms in total. The van der Waals surface area contributed by atoms with E-state index in [1.807, 2.05) is 0 Å². The summed E-state index contributed by atoms with van der Waals surface area (Å²) in [4.78, 5) is 3.76. The molecule has 0 aromatic carbocycles. The summed E-state index contributed by atoms with van der Waals surface area (Å²) in [6, 6.07) is -0.117. The van der Waals surface area contributed by atoms with Gasteiger partial charge < -0.3 is 5.73 Å². The molecule has 0 radical (unpaired) electrons. The van der Waals surface area contributed by atoms with Gasteiger partial charge in [0.25, 0.3) is 0 Å². The molecule has 0 aromatic rings. The van der Waals surface area contributed by atoms with Gasteiger partial charge in [-0.1, -0.05) is 0 Å². The van der Waals surface area contributed by atoms with Gasteiger partial charge in [0.1, 0.15) is 6.17 Å². The van der Waals surface area contributed by atoms with E-state index >= 15 is 0 Å². The zero-order valence-electron chi connectivity index (χ0n) is 14.2. The Labute approximate surface area is 139 Å². The average molecular weight is 326 g/mol. The van der Waals surface area contributed by atoms with Crippen LogP contribution in [-0.2, 0) is 0 Å². The van der Waals surface area contributed by atoms with Gasteiger partial charge >= 0.3 is 0 Å². The fraction of sp³-hybridized carbons (Fsp3) is 0.947. The Hall–Kier alpha value is -0.510. The highest BCUT2D eigenvalue weighted by Crippen LogP contribution is 2.45. The van der Waals surface area contributed by atoms with Gasteiger partial charge in [0.05, 0.1) is 6.04 Å². The van der Waals surface area contributed by atoms with Crippen LogP contribution in [0, 0.1) is 23.7 Å². The van der Waals surface area contributed by atoms with E-state index in [1.165, 1.54) is 38.5 Å². The van der Waals surface area contributed by atoms with Crippen molar-refractivity contribution in [2.24, 2.45) is 34.4 Å². The maximum atomic E-state index is 14.5. The van der Waals surface area contributed by atoms with Gasteiger partial charge in [0, 0.05) is 6.04 Å². The van der Waals surface area contributed by atoms with Crippen LogP contribution in [0.25, 0.3) is 0 Å². The predicted molar refractivity (Wildman–Crippen MR) is 91.2 cm³/mol. The fourth-order valence-corrected chi connectivity index (χ4v) is 5.48. The number of nitrogens with two attached hydrogens (primary N) is 1. The summed E-state index contributed by atoms with van der Waals surface area (Å²) in [5.41, 5.74) is 6.01. The quantitative estimate of drug-likeness (QED) is 0.764. The largest absolute Gasteiger partial charge is 0.328 e. The number of halogens is 2. The molecule has 0 spiro atoms. The second kappa shape index (κ2) is 7.58. The molecule has 3 aliphatic carbocycles. The highest BCUT2D eigenvalue weighted by Gasteiger charge is 2.44. The lowest BCUT2D eigenvalue weighted by atomic mass is 9.65. The third kappa shape index (κ3) is 3.78. The first kappa shape index (κ1) is 17.3. The Morgan fingerprint density at radius 3 is 1.78 bits per heavy atom. The second-order valence-corrected chi connectivity index (χ2v) is 8.23. The van der Waals surface area contributed by atoms with Crippen LogP contribution < -0.4 is 5.73 Å². The Morgan fingerprint density at radius 2 is 1.22 bits per heavy atom. The van der Waals surface area contributed by atoms with E-state index in [1.54, 1.807) is 0 Å². The lowest BCUT2D eigenvalue weighted by Gasteiger charge is -2.42. The second-order valence-electron chi connectivity index (χ2n) is 8.23. The van der Waals surface area contributed by atoms with Crippen molar-refractivity contribution in [1.29, 1.82) is 0 Å². The highest BCUT2D eigenvalue weighted by atomic mass is 19.2. The van der Waals surface area contributed by atoms with Gasteiger partial charge in [0.2, 0.25) is 0 Å². The van der Waals surface area contributed by atoms with Crippen LogP contribution in [0.1, 0.15) is 64.2 Å². The zero-order chi connectivity index (χ0) is 16.4. The molecular weight excluding hydrogens is 294 g/mol. The minimum atomic E-state index is -1.44. The summed E-state index contributed by atoms with van der Waals surface area (Å²) in [5, 5.41) is 0. The maximum Gasteiger partial charge on any atom is 0.154 e. The van der Waals surface area contributed by atoms with Crippen molar-refractivity contribution in [3.8, 4) is 0 Å². The monoisotopic (exact) mass is 326 g/mol. The van der Waals surface area contributed by atoms with E-state index in [4.69, 9.17) is 5.73 Å². The number of hydrogen-bond donors (Lipinski definition) is 1. The van der Waals surface area contributed by atoms with E-state index in [0.29, 0.717) is 18.4 Å². The lowest BCUT2D eigenvalue weighted by Crippen LogP contribution is -2.44. The average Bonchev–Trinajstić information content (AvgIpc) is 2.58. The van der Waals surface area contributed by atoms with Crippen LogP contribution >= 0.6 is 0 Å². The van der Waals surface area contributed by atoms with Crippen LogP contribution in [-0.4, -0.2) is 31.1 Å². The molecule has 132 valence electrons. The zero-order valence-corrected chi connectivity index (χ0v) is 14.2. The van der Waals surface area contributed by atoms with Gasteiger partial charge in [-0.15, -0.1) is 0 Å². The molecule has 23 heavy (non-hydrogen) atoms. The van der Waals surface area contributed by atoms with Gasteiger partial charge in [0.15, 0.2) is 6.17 Å². The Kier molecular flexibility index (Phi) is 5.71. The maximum absolute atomic E-state index is 14.5. The summed E-state index contributed by atoms with van der Waals surface area (Å²) in [6.07, 6.45) is 8.09. The number of nitrogens with zero attached hydrogens (tertiary/aromatic N) is 1. The summed E-state index contributed by atoms with van der Waals surface area (Å²) in [7, 11) is 0. The Bertz CT molecular complexity index is 387. The SMILES string of the molecule is C=NC1CC[C@@H](C2CCC(C3CCC(N)CC3)CC2)C(F)C1F. The van der Waals surface area contributed by atoms with E-state index in [-0.39, 0.29) is 5.92 Å². The van der Waals surface area contributed by atoms with Crippen LogP contribution in [0.4, 0.5) is 8.78 Å². The van der Waals surface area contributed by atoms with E-state index in [9.17, 15) is 8.78 Å². The third-order valence-corrected chi connectivity index (χ3v) is 7.02. The van der Waals surface area contributed by atoms with E-state index in [0.717, 1.165) is 31.1 Å². The number of aliphatic imine (C=N–C) groups is 1. The van der Waals surface area contributed by atoms with Crippen LogP contribution in [0.2, 0.25) is 0 Å². The topological polar surface area (TPSA) is 38.4 Å². The van der Waals surface area contributed by atoms with Crippen molar-refractivity contribution < 1.29 is 8.78 Å². The molecule has 0 amide bonds. The van der Waals surface area contributed by atoms with Gasteiger partial charge in [-0.25, -0.2) is 8.78 Å². The first-order chi connectivity index (χ1) is 11.1. The van der Waals surface area contributed by atoms with Gasteiger partial charge in [-0.2, -0.15) is 0 Å². The van der Waals surface area contributed by atoms with Crippen molar-refractivity contribution in [2.45, 2.75) is 88.6 Å². The van der Waals surface area contributed by atoms with E-state index < -0.39 is 18.4 Å². The molecule has 3 fully saturated rings. The van der Waals surface area contributed by atoms with Gasteiger partial charge in [-0.3, -0.25) is 4.99 Å². The van der Waals surface area contributed by atoms with Gasteiger partial charge in [-0.05, 0) is 94.6 Å². The molecule has 0 heterocycles. The molecule has 3 aliphatic rings. The first-order valence-corrected chi connectivity index (χ1v) is 9.59. The van der Waals surface area contributed by atoms with Crippen LogP contribution in [0.3, 0.4) is 0 Å². The number of rotatable bonds is 3. The number of hydrogen-bond acceptors (Lipinski definition) is 2. The highest BCUT2D eigenvalue weighted by molar-refractivity contribution is 5.25. The van der Waals surface area contributed by atoms with Crippen molar-refractivity contribution in [3.63, 3.8) is 0 Å². The first-order valence-electron chi connectivity index (χ1n) is 9.59. The molecule has 0 bridgehead atoms. The molecule has 4 heteroatoms. The van der Waals surface area contributed by atoms with Crippen LogP contribution in [0.5, 0.6) is 0 Å². The minimum absolute atomic E-state index is 0.0938. The standard InChI is InChI=1S/C19H32F2N2/c1-23-17-11-10-16(18(20)19(17)21)14-4-2-12(3-5-14)13-6-8-15(22)9-7-13/h12-19H,1-11,22H2/t12?,13?,14?,15?,16-,17?,18?,19?/m0/s1. The van der Waals surface area contributed by atoms with Crippen molar-refractivity contribution >= 4 is 6.72 Å². The molecule has 0 aromatic heterocycles. The Morgan fingerprint density at radius 1 is 0.696 bits per heavy atom. The summed E-state index contributed by atoms with van der Waals surface area (Å²) in [6.45, 7) is 3.41. The molecule has 0 saturated heterocycles. The molecule has 3 unspecified atom stereocenters. The Balaban J connectivity index is 1.50. The minimum Gasteiger partial charge on any atom is -0.328 e. The molecule has 2 N–H and O–H groups in total. The molecule has 0 aliphatic heterocycles. The molecule has 4 atom stereocenters. The third-order valence-electron chi connectivity index (χ3n) is 7.02. The summed E-state index contributed by atoms with van der Waals surface area (Å²) >= 11 is 0. The molecule has 3 saturated carbocycles. The smallest absolute Gasteiger partial charge is 0.154 e. The lowest BCUT2D eigenvalue weighted by molar-refractivity contribution is 0.00683. The molecule has 3 rings (SSSR count). The predicted octanol–water partition coefficient (Wildman–Crippen LogP) is 4.47. The summed E-state index contributed by atoms with van der Waals surface area (Å²) in [5.74, 6) is 1.90. The van der Waals surface area contributed by atoms with Crippen molar-refractivity contribution in [2.75, 3.05) is 0 Å². The summed E-state index contributed by atoms with van der Waals surface area (Å²) < 4.78 is 28.6. The molecular formula is C19H32F2N2. The normalized spacial score (nSPS) is 48.8. The van der Waals surface area contributed by atoms with Crippen molar-refractivity contribution in [3.05, 3.63) is 0 Å². The van der Waals surface area contributed by atoms with Crippen LogP contribution in [0.15, 0.2) is 4.99 Å². The fourth-order valence-electron chi connectivity index (χ4n) is 5.48. The number of alkyl halides is 2.